The molecule has 41 heavy (non-hydrogen) atoms. The molecule has 220 valence electrons. The normalized spacial score (nSPS) is 17.7. The fourth-order valence-corrected chi connectivity index (χ4v) is 5.73. The van der Waals surface area contributed by atoms with Gasteiger partial charge in [0.2, 0.25) is 5.91 Å². The van der Waals surface area contributed by atoms with Crippen LogP contribution in [0.2, 0.25) is 0 Å². The van der Waals surface area contributed by atoms with Crippen LogP contribution in [0.15, 0.2) is 71.8 Å². The molecule has 0 radical (unpaired) electrons. The summed E-state index contributed by atoms with van der Waals surface area (Å²) >= 11 is 0. The molecule has 0 aliphatic carbocycles. The van der Waals surface area contributed by atoms with Crippen LogP contribution in [0.25, 0.3) is 0 Å². The lowest BCUT2D eigenvalue weighted by molar-refractivity contribution is -0.137. The predicted octanol–water partition coefficient (Wildman–Crippen LogP) is 5.86. The second-order valence-electron chi connectivity index (χ2n) is 10.4. The van der Waals surface area contributed by atoms with Crippen molar-refractivity contribution in [2.75, 3.05) is 29.1 Å². The van der Waals surface area contributed by atoms with Crippen molar-refractivity contribution in [2.45, 2.75) is 62.7 Å². The highest BCUT2D eigenvalue weighted by Gasteiger charge is 2.35. The Morgan fingerprint density at radius 3 is 2.32 bits per heavy atom. The van der Waals surface area contributed by atoms with Gasteiger partial charge in [0, 0.05) is 12.5 Å². The Hall–Kier alpha value is -3.44. The lowest BCUT2D eigenvalue weighted by Crippen LogP contribution is -2.34. The van der Waals surface area contributed by atoms with E-state index in [1.165, 1.54) is 12.1 Å². The maximum absolute atomic E-state index is 13.0. The van der Waals surface area contributed by atoms with Crippen LogP contribution in [-0.2, 0) is 32.0 Å². The van der Waals surface area contributed by atoms with Gasteiger partial charge in [-0.05, 0) is 67.8 Å². The fraction of sp³-hybridized carbons (Fsp3) is 0.400. The lowest BCUT2D eigenvalue weighted by Gasteiger charge is -2.26. The first-order chi connectivity index (χ1) is 19.4. The molecule has 7 nitrogen and oxygen atoms in total. The number of sulfone groups is 1. The maximum Gasteiger partial charge on any atom is 0.416 e. The molecule has 1 amide bonds. The quantitative estimate of drug-likeness (QED) is 0.319. The molecule has 1 fully saturated rings. The topological polar surface area (TPSA) is 88.6 Å². The molecule has 0 spiro atoms. The Bertz CT molecular complexity index is 1430. The number of hydrogen-bond donors (Lipinski definition) is 1. The van der Waals surface area contributed by atoms with Gasteiger partial charge >= 0.3 is 6.18 Å². The average molecular weight is 590 g/mol. The number of nitrogens with zero attached hydrogens (tertiary/aromatic N) is 2. The molecular formula is C30H34F3N3O4S. The van der Waals surface area contributed by atoms with Crippen molar-refractivity contribution in [3.63, 3.8) is 0 Å². The van der Waals surface area contributed by atoms with E-state index in [9.17, 15) is 26.4 Å². The third kappa shape index (κ3) is 7.85. The summed E-state index contributed by atoms with van der Waals surface area (Å²) in [4.78, 5) is 19.5. The average Bonchev–Trinajstić information content (AvgIpc) is 3.36. The van der Waals surface area contributed by atoms with Crippen molar-refractivity contribution in [1.82, 2.24) is 4.98 Å². The van der Waals surface area contributed by atoms with E-state index in [1.807, 2.05) is 13.8 Å². The van der Waals surface area contributed by atoms with Crippen LogP contribution in [0.5, 0.6) is 0 Å². The van der Waals surface area contributed by atoms with Gasteiger partial charge < -0.3 is 15.0 Å². The van der Waals surface area contributed by atoms with E-state index >= 15 is 0 Å². The Morgan fingerprint density at radius 2 is 1.76 bits per heavy atom. The van der Waals surface area contributed by atoms with Crippen LogP contribution in [-0.4, -0.2) is 50.4 Å². The van der Waals surface area contributed by atoms with Crippen molar-refractivity contribution in [1.29, 1.82) is 0 Å². The first-order valence-electron chi connectivity index (χ1n) is 13.5. The molecule has 11 heteroatoms. The van der Waals surface area contributed by atoms with Gasteiger partial charge in [-0.3, -0.25) is 4.79 Å². The number of carbonyl (C=O) groups is 1. The highest BCUT2D eigenvalue weighted by molar-refractivity contribution is 7.91. The monoisotopic (exact) mass is 589 g/mol. The number of pyridine rings is 1. The van der Waals surface area contributed by atoms with E-state index in [2.05, 4.69) is 15.2 Å². The number of ether oxygens (including phenoxy) is 1. The molecule has 3 aromatic rings. The van der Waals surface area contributed by atoms with Gasteiger partial charge in [-0.25, -0.2) is 13.4 Å². The Morgan fingerprint density at radius 1 is 1.07 bits per heavy atom. The highest BCUT2D eigenvalue weighted by Crippen LogP contribution is 2.37. The molecule has 4 rings (SSSR count). The summed E-state index contributed by atoms with van der Waals surface area (Å²) in [6.07, 6.45) is -2.01. The molecule has 1 saturated heterocycles. The van der Waals surface area contributed by atoms with Crippen LogP contribution in [0.1, 0.15) is 49.8 Å². The van der Waals surface area contributed by atoms with Gasteiger partial charge in [-0.1, -0.05) is 31.2 Å². The minimum atomic E-state index is -4.38. The molecule has 1 aliphatic rings. The van der Waals surface area contributed by atoms with Gasteiger partial charge in [0.05, 0.1) is 53.3 Å². The zero-order chi connectivity index (χ0) is 29.8. The van der Waals surface area contributed by atoms with Crippen LogP contribution in [0.3, 0.4) is 0 Å². The van der Waals surface area contributed by atoms with Gasteiger partial charge in [0.15, 0.2) is 9.84 Å². The van der Waals surface area contributed by atoms with Gasteiger partial charge in [0.25, 0.3) is 0 Å². The van der Waals surface area contributed by atoms with Gasteiger partial charge in [-0.15, -0.1) is 0 Å². The van der Waals surface area contributed by atoms with E-state index in [1.54, 1.807) is 49.5 Å². The summed E-state index contributed by atoms with van der Waals surface area (Å²) in [5.41, 5.74) is 1.36. The highest BCUT2D eigenvalue weighted by atomic mass is 32.2. The molecule has 0 bridgehead atoms. The molecule has 1 N–H and O–H groups in total. The van der Waals surface area contributed by atoms with Crippen molar-refractivity contribution >= 4 is 27.2 Å². The van der Waals surface area contributed by atoms with Crippen LogP contribution >= 0.6 is 0 Å². The molecule has 1 aliphatic heterocycles. The van der Waals surface area contributed by atoms with Crippen LogP contribution in [0, 0.1) is 0 Å². The van der Waals surface area contributed by atoms with E-state index in [0.717, 1.165) is 17.7 Å². The lowest BCUT2D eigenvalue weighted by atomic mass is 9.95. The van der Waals surface area contributed by atoms with E-state index < -0.39 is 21.6 Å². The molecular weight excluding hydrogens is 555 g/mol. The van der Waals surface area contributed by atoms with Gasteiger partial charge in [0.1, 0.15) is 5.82 Å². The summed E-state index contributed by atoms with van der Waals surface area (Å²) in [6.45, 7) is 6.50. The molecule has 2 aromatic carbocycles. The van der Waals surface area contributed by atoms with Crippen molar-refractivity contribution < 1.29 is 31.1 Å². The second kappa shape index (κ2) is 12.6. The smallest absolute Gasteiger partial charge is 0.377 e. The molecule has 2 atom stereocenters. The summed E-state index contributed by atoms with van der Waals surface area (Å²) < 4.78 is 68.9. The number of nitrogens with one attached hydrogen (secondary N) is 1. The summed E-state index contributed by atoms with van der Waals surface area (Å²) in [5.74, 6) is 0.437. The Kier molecular flexibility index (Phi) is 9.38. The third-order valence-electron chi connectivity index (χ3n) is 7.10. The first-order valence-corrected chi connectivity index (χ1v) is 15.1. The number of benzene rings is 2. The first kappa shape index (κ1) is 30.5. The van der Waals surface area contributed by atoms with E-state index in [0.29, 0.717) is 36.6 Å². The zero-order valence-corrected chi connectivity index (χ0v) is 24.0. The molecule has 2 heterocycles. The number of alkyl halides is 3. The number of rotatable bonds is 10. The third-order valence-corrected chi connectivity index (χ3v) is 8.85. The van der Waals surface area contributed by atoms with E-state index in [-0.39, 0.29) is 41.0 Å². The van der Waals surface area contributed by atoms with Gasteiger partial charge in [-0.2, -0.15) is 13.2 Å². The zero-order valence-electron chi connectivity index (χ0n) is 23.2. The Balaban J connectivity index is 1.42. The largest absolute Gasteiger partial charge is 0.416 e. The summed E-state index contributed by atoms with van der Waals surface area (Å²) in [5, 5.41) is 2.81. The van der Waals surface area contributed by atoms with Crippen molar-refractivity contribution in [3.05, 3.63) is 83.6 Å². The summed E-state index contributed by atoms with van der Waals surface area (Å²) in [7, 11) is -3.30. The van der Waals surface area contributed by atoms with Crippen molar-refractivity contribution in [2.24, 2.45) is 0 Å². The van der Waals surface area contributed by atoms with Crippen molar-refractivity contribution in [3.8, 4) is 0 Å². The molecule has 1 aromatic heterocycles. The predicted molar refractivity (Wildman–Crippen MR) is 152 cm³/mol. The number of hydrogen-bond acceptors (Lipinski definition) is 6. The number of halogens is 3. The van der Waals surface area contributed by atoms with E-state index in [4.69, 9.17) is 4.74 Å². The Labute approximate surface area is 238 Å². The maximum atomic E-state index is 13.0. The SMILES string of the molecule is CCS(=O)(=O)c1ccc(CC(=O)Nc2ccc(N3CC(c4ccc(C(F)(F)F)cc4)C[C@H]3COC(C)C)nc2)cc1. The van der Waals surface area contributed by atoms with Crippen LogP contribution < -0.4 is 10.2 Å². The number of carbonyl (C=O) groups excluding carboxylic acids is 1. The minimum absolute atomic E-state index is 0.00840. The number of aromatic nitrogens is 1. The molecule has 0 saturated carbocycles. The second-order valence-corrected chi connectivity index (χ2v) is 12.7. The standard InChI is InChI=1S/C30H34F3N3O4S/c1-4-41(38,39)27-12-5-21(6-13-27)15-29(37)35-25-11-14-28(34-17-25)36-18-23(16-26(36)19-40-20(2)3)22-7-9-24(10-8-22)30(31,32)33/h5-14,17,20,23,26H,4,15-16,18-19H2,1-3H3,(H,35,37)/t23?,26-/m0/s1. The fourth-order valence-electron chi connectivity index (χ4n) is 4.85. The summed E-state index contributed by atoms with van der Waals surface area (Å²) in [6, 6.07) is 15.1. The minimum Gasteiger partial charge on any atom is -0.377 e. The van der Waals surface area contributed by atoms with Crippen LogP contribution in [0.4, 0.5) is 24.7 Å². The molecule has 1 unspecified atom stereocenters. The number of amides is 1. The number of anilines is 2.